The van der Waals surface area contributed by atoms with Crippen molar-refractivity contribution in [2.24, 2.45) is 5.73 Å². The molecule has 0 amide bonds. The first-order valence-electron chi connectivity index (χ1n) is 7.10. The molecule has 1 aromatic carbocycles. The van der Waals surface area contributed by atoms with E-state index in [1.165, 1.54) is 4.88 Å². The van der Waals surface area contributed by atoms with Gasteiger partial charge in [0.05, 0.1) is 16.4 Å². The van der Waals surface area contributed by atoms with Gasteiger partial charge in [0.2, 0.25) is 0 Å². The fourth-order valence-corrected chi connectivity index (χ4v) is 3.83. The van der Waals surface area contributed by atoms with Gasteiger partial charge < -0.3 is 15.5 Å². The molecule has 0 bridgehead atoms. The number of aryl methyl sites for hydroxylation is 1. The predicted octanol–water partition coefficient (Wildman–Crippen LogP) is 2.89. The van der Waals surface area contributed by atoms with Crippen LogP contribution in [0.4, 0.5) is 10.8 Å². The Morgan fingerprint density at radius 3 is 2.48 bits per heavy atom. The fraction of sp³-hybridized carbons (Fsp3) is 0.400. The van der Waals surface area contributed by atoms with Crippen LogP contribution in [0.2, 0.25) is 5.02 Å². The zero-order chi connectivity index (χ0) is 14.8. The molecule has 112 valence electrons. The molecule has 1 aliphatic rings. The number of aromatic nitrogens is 1. The first-order chi connectivity index (χ1) is 10.2. The van der Waals surface area contributed by atoms with Gasteiger partial charge in [0.25, 0.3) is 0 Å². The number of nitrogens with two attached hydrogens (primary N) is 1. The molecule has 0 radical (unpaired) electrons. The number of nitrogens with zero attached hydrogens (tertiary/aromatic N) is 3. The summed E-state index contributed by atoms with van der Waals surface area (Å²) in [5, 5.41) is 1.91. The predicted molar refractivity (Wildman–Crippen MR) is 90.6 cm³/mol. The van der Waals surface area contributed by atoms with Gasteiger partial charge in [-0.2, -0.15) is 0 Å². The van der Waals surface area contributed by atoms with E-state index >= 15 is 0 Å². The molecule has 0 saturated carbocycles. The molecule has 1 aromatic heterocycles. The monoisotopic (exact) mass is 322 g/mol. The lowest BCUT2D eigenvalue weighted by Crippen LogP contribution is -2.46. The molecular weight excluding hydrogens is 304 g/mol. The highest BCUT2D eigenvalue weighted by atomic mass is 35.5. The Morgan fingerprint density at radius 2 is 1.86 bits per heavy atom. The Kier molecular flexibility index (Phi) is 4.33. The minimum absolute atomic E-state index is 0.573. The Bertz CT molecular complexity index is 620. The first-order valence-corrected chi connectivity index (χ1v) is 8.29. The Labute approximate surface area is 134 Å². The summed E-state index contributed by atoms with van der Waals surface area (Å²) >= 11 is 7.99. The summed E-state index contributed by atoms with van der Waals surface area (Å²) in [6.45, 7) is 6.44. The van der Waals surface area contributed by atoms with Crippen LogP contribution in [0.3, 0.4) is 0 Å². The molecule has 2 aromatic rings. The lowest BCUT2D eigenvalue weighted by molar-refractivity contribution is 0.652. The lowest BCUT2D eigenvalue weighted by atomic mass is 10.2. The molecule has 3 rings (SSSR count). The summed E-state index contributed by atoms with van der Waals surface area (Å²) in [7, 11) is 0. The molecule has 0 spiro atoms. The summed E-state index contributed by atoms with van der Waals surface area (Å²) in [6, 6.07) is 8.03. The summed E-state index contributed by atoms with van der Waals surface area (Å²) in [5.74, 6) is 0. The van der Waals surface area contributed by atoms with Gasteiger partial charge in [-0.1, -0.05) is 23.7 Å². The van der Waals surface area contributed by atoms with Gasteiger partial charge in [-0.3, -0.25) is 0 Å². The van der Waals surface area contributed by atoms with E-state index in [4.69, 9.17) is 17.3 Å². The topological polar surface area (TPSA) is 45.4 Å². The molecular formula is C15H19ClN4S. The van der Waals surface area contributed by atoms with Crippen LogP contribution < -0.4 is 15.5 Å². The van der Waals surface area contributed by atoms with E-state index in [9.17, 15) is 0 Å². The largest absolute Gasteiger partial charge is 0.367 e. The van der Waals surface area contributed by atoms with E-state index < -0.39 is 0 Å². The van der Waals surface area contributed by atoms with Gasteiger partial charge in [0.1, 0.15) is 0 Å². The number of para-hydroxylation sites is 1. The summed E-state index contributed by atoms with van der Waals surface area (Å²) in [4.78, 5) is 10.5. The first kappa shape index (κ1) is 14.6. The zero-order valence-electron chi connectivity index (χ0n) is 12.1. The van der Waals surface area contributed by atoms with Crippen molar-refractivity contribution in [1.82, 2.24) is 4.98 Å². The number of hydrogen-bond acceptors (Lipinski definition) is 5. The van der Waals surface area contributed by atoms with Crippen LogP contribution in [0.5, 0.6) is 0 Å². The third-order valence-corrected chi connectivity index (χ3v) is 5.37. The zero-order valence-corrected chi connectivity index (χ0v) is 13.6. The third kappa shape index (κ3) is 3.00. The van der Waals surface area contributed by atoms with Crippen LogP contribution in [0, 0.1) is 6.92 Å². The number of piperazine rings is 1. The minimum atomic E-state index is 0.573. The Morgan fingerprint density at radius 1 is 1.19 bits per heavy atom. The third-order valence-electron chi connectivity index (χ3n) is 3.81. The number of thiazole rings is 1. The average Bonchev–Trinajstić information content (AvgIpc) is 2.89. The van der Waals surface area contributed by atoms with Crippen molar-refractivity contribution in [2.45, 2.75) is 13.5 Å². The quantitative estimate of drug-likeness (QED) is 0.943. The second-order valence-electron chi connectivity index (χ2n) is 5.13. The highest BCUT2D eigenvalue weighted by Gasteiger charge is 2.21. The van der Waals surface area contributed by atoms with Gasteiger partial charge in [-0.15, -0.1) is 11.3 Å². The molecule has 2 heterocycles. The van der Waals surface area contributed by atoms with E-state index in [0.29, 0.717) is 6.54 Å². The smallest absolute Gasteiger partial charge is 0.185 e. The molecule has 6 heteroatoms. The molecule has 1 saturated heterocycles. The molecule has 0 unspecified atom stereocenters. The maximum absolute atomic E-state index is 6.27. The van der Waals surface area contributed by atoms with Crippen molar-refractivity contribution >= 4 is 33.8 Å². The fourth-order valence-electron chi connectivity index (χ4n) is 2.58. The molecule has 0 aliphatic carbocycles. The van der Waals surface area contributed by atoms with Crippen molar-refractivity contribution in [3.05, 3.63) is 39.9 Å². The summed E-state index contributed by atoms with van der Waals surface area (Å²) < 4.78 is 0. The van der Waals surface area contributed by atoms with E-state index in [0.717, 1.165) is 47.7 Å². The minimum Gasteiger partial charge on any atom is -0.367 e. The van der Waals surface area contributed by atoms with Gasteiger partial charge in [-0.05, 0) is 19.1 Å². The summed E-state index contributed by atoms with van der Waals surface area (Å²) in [6.07, 6.45) is 0. The van der Waals surface area contributed by atoms with Gasteiger partial charge in [-0.25, -0.2) is 4.98 Å². The van der Waals surface area contributed by atoms with Crippen LogP contribution >= 0.6 is 22.9 Å². The van der Waals surface area contributed by atoms with Crippen molar-refractivity contribution in [3.8, 4) is 0 Å². The molecule has 0 atom stereocenters. The lowest BCUT2D eigenvalue weighted by Gasteiger charge is -2.36. The molecule has 1 fully saturated rings. The second kappa shape index (κ2) is 6.22. The average molecular weight is 323 g/mol. The SMILES string of the molecule is Cc1nc(N2CCN(c3ccccc3Cl)CC2)sc1CN. The van der Waals surface area contributed by atoms with Crippen molar-refractivity contribution in [3.63, 3.8) is 0 Å². The number of benzene rings is 1. The van der Waals surface area contributed by atoms with Crippen LogP contribution in [0.25, 0.3) is 0 Å². The van der Waals surface area contributed by atoms with Crippen molar-refractivity contribution in [1.29, 1.82) is 0 Å². The molecule has 2 N–H and O–H groups in total. The number of rotatable bonds is 3. The van der Waals surface area contributed by atoms with E-state index in [-0.39, 0.29) is 0 Å². The highest BCUT2D eigenvalue weighted by Crippen LogP contribution is 2.29. The summed E-state index contributed by atoms with van der Waals surface area (Å²) in [5.41, 5.74) is 7.92. The second-order valence-corrected chi connectivity index (χ2v) is 6.60. The normalized spacial score (nSPS) is 15.6. The van der Waals surface area contributed by atoms with Gasteiger partial charge in [0, 0.05) is 37.6 Å². The Hall–Kier alpha value is -1.30. The van der Waals surface area contributed by atoms with E-state index in [1.807, 2.05) is 25.1 Å². The number of halogens is 1. The molecule has 1 aliphatic heterocycles. The molecule has 21 heavy (non-hydrogen) atoms. The number of anilines is 2. The van der Waals surface area contributed by atoms with E-state index in [2.05, 4.69) is 20.9 Å². The van der Waals surface area contributed by atoms with Crippen LogP contribution in [0.1, 0.15) is 10.6 Å². The standard InChI is InChI=1S/C15H19ClN4S/c1-11-14(10-17)21-15(18-11)20-8-6-19(7-9-20)13-5-3-2-4-12(13)16/h2-5H,6-10,17H2,1H3. The maximum atomic E-state index is 6.27. The van der Waals surface area contributed by atoms with Gasteiger partial charge >= 0.3 is 0 Å². The Balaban J connectivity index is 1.69. The van der Waals surface area contributed by atoms with Crippen molar-refractivity contribution in [2.75, 3.05) is 36.0 Å². The van der Waals surface area contributed by atoms with E-state index in [1.54, 1.807) is 11.3 Å². The van der Waals surface area contributed by atoms with Gasteiger partial charge in [0.15, 0.2) is 5.13 Å². The molecule has 4 nitrogen and oxygen atoms in total. The maximum Gasteiger partial charge on any atom is 0.185 e. The van der Waals surface area contributed by atoms with Crippen LogP contribution in [-0.2, 0) is 6.54 Å². The van der Waals surface area contributed by atoms with Crippen LogP contribution in [0.15, 0.2) is 24.3 Å². The highest BCUT2D eigenvalue weighted by molar-refractivity contribution is 7.15. The number of hydrogen-bond donors (Lipinski definition) is 1. The van der Waals surface area contributed by atoms with Crippen LogP contribution in [-0.4, -0.2) is 31.2 Å². The van der Waals surface area contributed by atoms with Crippen molar-refractivity contribution < 1.29 is 0 Å².